The molecule has 0 saturated heterocycles. The van der Waals surface area contributed by atoms with E-state index in [0.29, 0.717) is 28.6 Å². The molecular formula is C28H50O3. The van der Waals surface area contributed by atoms with E-state index >= 15 is 0 Å². The third-order valence-electron chi connectivity index (χ3n) is 11.8. The maximum Gasteiger partial charge on any atom is 0.0830 e. The van der Waals surface area contributed by atoms with Crippen molar-refractivity contribution >= 4 is 0 Å². The summed E-state index contributed by atoms with van der Waals surface area (Å²) < 4.78 is 0. The van der Waals surface area contributed by atoms with Crippen molar-refractivity contribution in [3.05, 3.63) is 0 Å². The Kier molecular flexibility index (Phi) is 6.65. The number of aliphatic hydroxyl groups excluding tert-OH is 3. The van der Waals surface area contributed by atoms with Crippen LogP contribution in [0.3, 0.4) is 0 Å². The van der Waals surface area contributed by atoms with Gasteiger partial charge in [0, 0.05) is 0 Å². The number of hydrogen-bond donors (Lipinski definition) is 3. The van der Waals surface area contributed by atoms with E-state index in [4.69, 9.17) is 0 Å². The van der Waals surface area contributed by atoms with Crippen molar-refractivity contribution < 1.29 is 15.3 Å². The molecule has 3 nitrogen and oxygen atoms in total. The molecular weight excluding hydrogens is 384 g/mol. The molecule has 12 atom stereocenters. The van der Waals surface area contributed by atoms with Gasteiger partial charge in [-0.05, 0) is 116 Å². The third-order valence-corrected chi connectivity index (χ3v) is 11.8. The topological polar surface area (TPSA) is 60.7 Å². The molecule has 4 saturated carbocycles. The Morgan fingerprint density at radius 2 is 1.39 bits per heavy atom. The van der Waals surface area contributed by atoms with Crippen LogP contribution < -0.4 is 0 Å². The molecule has 3 heteroatoms. The van der Waals surface area contributed by atoms with Gasteiger partial charge < -0.3 is 15.3 Å². The van der Waals surface area contributed by atoms with Crippen molar-refractivity contribution in [2.45, 2.75) is 118 Å². The minimum absolute atomic E-state index is 0.0682. The van der Waals surface area contributed by atoms with Crippen LogP contribution >= 0.6 is 0 Å². The van der Waals surface area contributed by atoms with Gasteiger partial charge in [-0.1, -0.05) is 41.5 Å². The molecule has 31 heavy (non-hydrogen) atoms. The Hall–Kier alpha value is -0.120. The van der Waals surface area contributed by atoms with Crippen LogP contribution in [0.15, 0.2) is 0 Å². The van der Waals surface area contributed by atoms with E-state index in [1.807, 2.05) is 0 Å². The molecule has 0 aromatic heterocycles. The largest absolute Gasteiger partial charge is 0.393 e. The third kappa shape index (κ3) is 3.83. The Balaban J connectivity index is 1.51. The van der Waals surface area contributed by atoms with Crippen LogP contribution in [0.2, 0.25) is 0 Å². The maximum absolute atomic E-state index is 11.1. The molecule has 0 aromatic rings. The first-order chi connectivity index (χ1) is 14.5. The Labute approximate surface area is 191 Å². The molecule has 4 aliphatic carbocycles. The molecule has 0 bridgehead atoms. The van der Waals surface area contributed by atoms with Gasteiger partial charge in [0.25, 0.3) is 0 Å². The Bertz CT molecular complexity index is 634. The summed E-state index contributed by atoms with van der Waals surface area (Å²) in [7, 11) is 0. The molecule has 0 heterocycles. The zero-order valence-corrected chi connectivity index (χ0v) is 21.1. The number of rotatable bonds is 5. The highest BCUT2D eigenvalue weighted by molar-refractivity contribution is 5.10. The van der Waals surface area contributed by atoms with Crippen LogP contribution in [0.1, 0.15) is 99.3 Å². The summed E-state index contributed by atoms with van der Waals surface area (Å²) in [4.78, 5) is 0. The molecule has 4 rings (SSSR count). The van der Waals surface area contributed by atoms with E-state index in [9.17, 15) is 15.3 Å². The predicted molar refractivity (Wildman–Crippen MR) is 126 cm³/mol. The quantitative estimate of drug-likeness (QED) is 0.523. The molecule has 0 radical (unpaired) electrons. The second-order valence-corrected chi connectivity index (χ2v) is 13.3. The SMILES string of the molecule is CC(C)C(C)C(O)C(O)C(C)C1CCC2C3CCC4CC(O)CCC4(C)C3CCC12C. The number of hydrogen-bond acceptors (Lipinski definition) is 3. The Morgan fingerprint density at radius 3 is 2.06 bits per heavy atom. The molecule has 0 aliphatic heterocycles. The summed E-state index contributed by atoms with van der Waals surface area (Å²) in [6, 6.07) is 0. The molecule has 3 N–H and O–H groups in total. The highest BCUT2D eigenvalue weighted by Gasteiger charge is 2.61. The minimum atomic E-state index is -0.628. The average molecular weight is 435 g/mol. The van der Waals surface area contributed by atoms with E-state index in [1.165, 1.54) is 44.9 Å². The van der Waals surface area contributed by atoms with Crippen LogP contribution in [-0.4, -0.2) is 33.6 Å². The molecule has 0 spiro atoms. The summed E-state index contributed by atoms with van der Waals surface area (Å²) in [5, 5.41) is 32.3. The Morgan fingerprint density at radius 1 is 0.742 bits per heavy atom. The second kappa shape index (κ2) is 8.58. The normalized spacial score (nSPS) is 49.0. The fourth-order valence-corrected chi connectivity index (χ4v) is 9.39. The van der Waals surface area contributed by atoms with Crippen molar-refractivity contribution in [2.24, 2.45) is 58.2 Å². The molecule has 4 fully saturated rings. The predicted octanol–water partition coefficient (Wildman–Crippen LogP) is 5.66. The van der Waals surface area contributed by atoms with Crippen LogP contribution in [0.4, 0.5) is 0 Å². The molecule has 12 unspecified atom stereocenters. The number of aliphatic hydroxyl groups is 3. The lowest BCUT2D eigenvalue weighted by Crippen LogP contribution is -2.54. The summed E-state index contributed by atoms with van der Waals surface area (Å²) >= 11 is 0. The van der Waals surface area contributed by atoms with E-state index in [2.05, 4.69) is 41.5 Å². The first kappa shape index (κ1) is 24.0. The maximum atomic E-state index is 11.1. The van der Waals surface area contributed by atoms with Gasteiger partial charge in [-0.2, -0.15) is 0 Å². The minimum Gasteiger partial charge on any atom is -0.393 e. The fraction of sp³-hybridized carbons (Fsp3) is 1.00. The summed E-state index contributed by atoms with van der Waals surface area (Å²) in [5.41, 5.74) is 0.731. The lowest BCUT2D eigenvalue weighted by molar-refractivity contribution is -0.136. The van der Waals surface area contributed by atoms with Crippen molar-refractivity contribution in [3.63, 3.8) is 0 Å². The average Bonchev–Trinajstić information content (AvgIpc) is 3.09. The van der Waals surface area contributed by atoms with E-state index in [1.54, 1.807) is 0 Å². The van der Waals surface area contributed by atoms with Gasteiger partial charge in [-0.25, -0.2) is 0 Å². The second-order valence-electron chi connectivity index (χ2n) is 13.3. The van der Waals surface area contributed by atoms with Gasteiger partial charge >= 0.3 is 0 Å². The van der Waals surface area contributed by atoms with Gasteiger partial charge in [-0.3, -0.25) is 0 Å². The molecule has 180 valence electrons. The molecule has 0 aromatic carbocycles. The lowest BCUT2D eigenvalue weighted by atomic mass is 9.44. The first-order valence-electron chi connectivity index (χ1n) is 13.5. The summed E-state index contributed by atoms with van der Waals surface area (Å²) in [6.45, 7) is 13.7. The van der Waals surface area contributed by atoms with Gasteiger partial charge in [0.05, 0.1) is 18.3 Å². The summed E-state index contributed by atoms with van der Waals surface area (Å²) in [5.74, 6) is 4.30. The molecule has 4 aliphatic rings. The van der Waals surface area contributed by atoms with E-state index in [0.717, 1.165) is 30.6 Å². The lowest BCUT2D eigenvalue weighted by Gasteiger charge is -2.61. The smallest absolute Gasteiger partial charge is 0.0830 e. The van der Waals surface area contributed by atoms with Crippen LogP contribution in [0, 0.1) is 58.2 Å². The van der Waals surface area contributed by atoms with E-state index < -0.39 is 12.2 Å². The van der Waals surface area contributed by atoms with Crippen molar-refractivity contribution in [1.29, 1.82) is 0 Å². The standard InChI is InChI=1S/C28H50O3/c1-16(2)17(3)25(30)26(31)18(4)22-9-10-23-21-8-7-19-15-20(29)11-13-27(19,5)24(21)12-14-28(22,23)6/h16-26,29-31H,7-15H2,1-6H3. The van der Waals surface area contributed by atoms with Crippen LogP contribution in [-0.2, 0) is 0 Å². The first-order valence-corrected chi connectivity index (χ1v) is 13.5. The highest BCUT2D eigenvalue weighted by Crippen LogP contribution is 2.68. The van der Waals surface area contributed by atoms with Crippen LogP contribution in [0.5, 0.6) is 0 Å². The van der Waals surface area contributed by atoms with Crippen molar-refractivity contribution in [2.75, 3.05) is 0 Å². The van der Waals surface area contributed by atoms with E-state index in [-0.39, 0.29) is 17.9 Å². The van der Waals surface area contributed by atoms with Gasteiger partial charge in [0.2, 0.25) is 0 Å². The van der Waals surface area contributed by atoms with Gasteiger partial charge in [0.15, 0.2) is 0 Å². The highest BCUT2D eigenvalue weighted by atomic mass is 16.3. The van der Waals surface area contributed by atoms with Gasteiger partial charge in [0.1, 0.15) is 0 Å². The zero-order chi connectivity index (χ0) is 22.7. The summed E-state index contributed by atoms with van der Waals surface area (Å²) in [6.07, 6.45) is 9.68. The van der Waals surface area contributed by atoms with Gasteiger partial charge in [-0.15, -0.1) is 0 Å². The van der Waals surface area contributed by atoms with Crippen molar-refractivity contribution in [3.8, 4) is 0 Å². The van der Waals surface area contributed by atoms with Crippen molar-refractivity contribution in [1.82, 2.24) is 0 Å². The number of fused-ring (bicyclic) bond motifs is 5. The monoisotopic (exact) mass is 434 g/mol. The van der Waals surface area contributed by atoms with Crippen LogP contribution in [0.25, 0.3) is 0 Å². The zero-order valence-electron chi connectivity index (χ0n) is 21.1. The molecule has 0 amide bonds. The fourth-order valence-electron chi connectivity index (χ4n) is 9.39.